The predicted octanol–water partition coefficient (Wildman–Crippen LogP) is 2.55. The maximum absolute atomic E-state index is 5.97. The van der Waals surface area contributed by atoms with Crippen molar-refractivity contribution >= 4 is 33.5 Å². The van der Waals surface area contributed by atoms with Crippen molar-refractivity contribution in [3.05, 3.63) is 41.3 Å². The second-order valence-electron chi connectivity index (χ2n) is 4.05. The Labute approximate surface area is 109 Å². The van der Waals surface area contributed by atoms with E-state index in [1.54, 1.807) is 6.20 Å². The molecule has 0 saturated carbocycles. The number of fused-ring (bicyclic) bond motifs is 2. The Kier molecular flexibility index (Phi) is 2.81. The maximum Gasteiger partial charge on any atom is 0.163 e. The van der Waals surface area contributed by atoms with Gasteiger partial charge in [0.2, 0.25) is 0 Å². The van der Waals surface area contributed by atoms with Crippen LogP contribution < -0.4 is 5.32 Å². The Bertz CT molecular complexity index is 727. The second kappa shape index (κ2) is 4.48. The molecule has 0 aliphatic heterocycles. The first-order valence-electron chi connectivity index (χ1n) is 5.63. The van der Waals surface area contributed by atoms with Gasteiger partial charge in [0.15, 0.2) is 5.65 Å². The summed E-state index contributed by atoms with van der Waals surface area (Å²) in [6, 6.07) is 7.63. The van der Waals surface area contributed by atoms with Crippen LogP contribution in [0, 0.1) is 0 Å². The minimum absolute atomic E-state index is 0.635. The molecule has 0 amide bonds. The first kappa shape index (κ1) is 11.3. The molecular weight excluding hydrogens is 248 g/mol. The summed E-state index contributed by atoms with van der Waals surface area (Å²) in [6.45, 7) is 0.635. The first-order chi connectivity index (χ1) is 8.76. The number of hydrogen-bond donors (Lipinski definition) is 1. The number of benzene rings is 1. The molecule has 1 aromatic carbocycles. The largest absolute Gasteiger partial charge is 0.313 e. The molecule has 0 bridgehead atoms. The van der Waals surface area contributed by atoms with Gasteiger partial charge >= 0.3 is 0 Å². The number of halogens is 1. The fraction of sp³-hybridized carbons (Fsp3) is 0.154. The normalized spacial score (nSPS) is 11.2. The van der Waals surface area contributed by atoms with Gasteiger partial charge in [-0.2, -0.15) is 0 Å². The van der Waals surface area contributed by atoms with Gasteiger partial charge in [-0.3, -0.25) is 0 Å². The van der Waals surface area contributed by atoms with Gasteiger partial charge in [0.05, 0.1) is 12.1 Å². The third kappa shape index (κ3) is 2.00. The summed E-state index contributed by atoms with van der Waals surface area (Å²) < 4.78 is 0. The van der Waals surface area contributed by atoms with Crippen molar-refractivity contribution in [2.45, 2.75) is 6.54 Å². The van der Waals surface area contributed by atoms with Crippen molar-refractivity contribution in [2.75, 3.05) is 7.05 Å². The van der Waals surface area contributed by atoms with Gasteiger partial charge in [0, 0.05) is 22.0 Å². The molecule has 0 radical (unpaired) electrons. The van der Waals surface area contributed by atoms with Crippen molar-refractivity contribution in [1.82, 2.24) is 20.3 Å². The van der Waals surface area contributed by atoms with Crippen LogP contribution in [0.25, 0.3) is 21.9 Å². The summed E-state index contributed by atoms with van der Waals surface area (Å²) in [5, 5.41) is 5.65. The lowest BCUT2D eigenvalue weighted by Crippen LogP contribution is -2.09. The van der Waals surface area contributed by atoms with Gasteiger partial charge in [0.25, 0.3) is 0 Å². The van der Waals surface area contributed by atoms with E-state index in [9.17, 15) is 0 Å². The van der Waals surface area contributed by atoms with Crippen molar-refractivity contribution in [1.29, 1.82) is 0 Å². The third-order valence-corrected chi connectivity index (χ3v) is 2.94. The zero-order chi connectivity index (χ0) is 12.5. The van der Waals surface area contributed by atoms with Crippen LogP contribution in [-0.2, 0) is 6.54 Å². The summed E-state index contributed by atoms with van der Waals surface area (Å²) in [7, 11) is 1.86. The van der Waals surface area contributed by atoms with E-state index in [0.29, 0.717) is 17.2 Å². The zero-order valence-corrected chi connectivity index (χ0v) is 10.6. The van der Waals surface area contributed by atoms with E-state index < -0.39 is 0 Å². The lowest BCUT2D eigenvalue weighted by atomic mass is 10.2. The molecule has 0 aliphatic carbocycles. The van der Waals surface area contributed by atoms with Crippen molar-refractivity contribution in [2.24, 2.45) is 0 Å². The highest BCUT2D eigenvalue weighted by molar-refractivity contribution is 6.31. The molecule has 2 heterocycles. The molecule has 0 fully saturated rings. The summed E-state index contributed by atoms with van der Waals surface area (Å²) in [6.07, 6.45) is 1.79. The monoisotopic (exact) mass is 258 g/mol. The highest BCUT2D eigenvalue weighted by Gasteiger charge is 2.03. The Morgan fingerprint density at radius 2 is 2.06 bits per heavy atom. The number of nitrogens with zero attached hydrogens (tertiary/aromatic N) is 3. The summed E-state index contributed by atoms with van der Waals surface area (Å²) >= 11 is 5.97. The quantitative estimate of drug-likeness (QED) is 0.718. The van der Waals surface area contributed by atoms with Crippen LogP contribution in [0.4, 0.5) is 0 Å². The third-order valence-electron chi connectivity index (χ3n) is 2.71. The van der Waals surface area contributed by atoms with Crippen LogP contribution >= 0.6 is 11.6 Å². The molecular formula is C13H11ClN4. The topological polar surface area (TPSA) is 50.7 Å². The first-order valence-corrected chi connectivity index (χ1v) is 6.00. The van der Waals surface area contributed by atoms with Gasteiger partial charge in [-0.05, 0) is 31.3 Å². The molecule has 3 rings (SSSR count). The molecule has 0 atom stereocenters. The van der Waals surface area contributed by atoms with Gasteiger partial charge in [0.1, 0.15) is 5.82 Å². The summed E-state index contributed by atoms with van der Waals surface area (Å²) in [5.41, 5.74) is 1.60. The van der Waals surface area contributed by atoms with Gasteiger partial charge in [-0.25, -0.2) is 15.0 Å². The average molecular weight is 259 g/mol. The van der Waals surface area contributed by atoms with E-state index in [2.05, 4.69) is 20.3 Å². The Morgan fingerprint density at radius 3 is 2.89 bits per heavy atom. The highest BCUT2D eigenvalue weighted by atomic mass is 35.5. The fourth-order valence-corrected chi connectivity index (χ4v) is 2.06. The molecule has 90 valence electrons. The number of aromatic nitrogens is 3. The second-order valence-corrected chi connectivity index (χ2v) is 4.49. The highest BCUT2D eigenvalue weighted by Crippen LogP contribution is 2.21. The number of nitrogens with one attached hydrogen (secondary N) is 1. The van der Waals surface area contributed by atoms with E-state index in [0.717, 1.165) is 22.1 Å². The number of rotatable bonds is 2. The lowest BCUT2D eigenvalue weighted by Gasteiger charge is -2.03. The molecule has 0 aliphatic rings. The van der Waals surface area contributed by atoms with Crippen LogP contribution in [0.1, 0.15) is 5.82 Å². The van der Waals surface area contributed by atoms with Crippen molar-refractivity contribution < 1.29 is 0 Å². The van der Waals surface area contributed by atoms with E-state index in [-0.39, 0.29) is 0 Å². The predicted molar refractivity (Wildman–Crippen MR) is 72.6 cm³/mol. The number of pyridine rings is 1. The molecule has 1 N–H and O–H groups in total. The Balaban J connectivity index is 2.24. The summed E-state index contributed by atoms with van der Waals surface area (Å²) in [5.74, 6) is 0.741. The minimum atomic E-state index is 0.635. The van der Waals surface area contributed by atoms with Gasteiger partial charge in [-0.15, -0.1) is 0 Å². The van der Waals surface area contributed by atoms with Crippen LogP contribution in [0.3, 0.4) is 0 Å². The molecule has 0 spiro atoms. The molecule has 2 aromatic heterocycles. The average Bonchev–Trinajstić information content (AvgIpc) is 2.37. The molecule has 0 saturated heterocycles. The van der Waals surface area contributed by atoms with E-state index in [1.807, 2.05) is 31.3 Å². The minimum Gasteiger partial charge on any atom is -0.313 e. The fourth-order valence-electron chi connectivity index (χ4n) is 1.88. The SMILES string of the molecule is CNCc1ncc2cc3cc(Cl)ccc3nc2n1. The molecule has 18 heavy (non-hydrogen) atoms. The summed E-state index contributed by atoms with van der Waals surface area (Å²) in [4.78, 5) is 13.2. The number of hydrogen-bond acceptors (Lipinski definition) is 4. The van der Waals surface area contributed by atoms with Crippen LogP contribution in [0.15, 0.2) is 30.5 Å². The smallest absolute Gasteiger partial charge is 0.163 e. The molecule has 3 aromatic rings. The Morgan fingerprint density at radius 1 is 1.17 bits per heavy atom. The van der Waals surface area contributed by atoms with E-state index in [4.69, 9.17) is 11.6 Å². The van der Waals surface area contributed by atoms with Crippen molar-refractivity contribution in [3.63, 3.8) is 0 Å². The molecule has 5 heteroatoms. The standard InChI is InChI=1S/C13H11ClN4/c1-15-7-12-16-6-9-4-8-5-10(14)2-3-11(8)17-13(9)18-12/h2-6,15H,7H2,1H3. The maximum atomic E-state index is 5.97. The van der Waals surface area contributed by atoms with Crippen LogP contribution in [0.5, 0.6) is 0 Å². The van der Waals surface area contributed by atoms with Crippen LogP contribution in [0.2, 0.25) is 5.02 Å². The zero-order valence-electron chi connectivity index (χ0n) is 9.81. The van der Waals surface area contributed by atoms with Crippen LogP contribution in [-0.4, -0.2) is 22.0 Å². The van der Waals surface area contributed by atoms with E-state index >= 15 is 0 Å². The van der Waals surface area contributed by atoms with E-state index in [1.165, 1.54) is 0 Å². The Hall–Kier alpha value is -1.78. The lowest BCUT2D eigenvalue weighted by molar-refractivity contribution is 0.763. The van der Waals surface area contributed by atoms with Gasteiger partial charge in [-0.1, -0.05) is 11.6 Å². The van der Waals surface area contributed by atoms with Crippen molar-refractivity contribution in [3.8, 4) is 0 Å². The van der Waals surface area contributed by atoms with Gasteiger partial charge < -0.3 is 5.32 Å². The molecule has 0 unspecified atom stereocenters. The molecule has 4 nitrogen and oxygen atoms in total.